The van der Waals surface area contributed by atoms with Gasteiger partial charge in [0.2, 0.25) is 0 Å². The molecule has 0 bridgehead atoms. The van der Waals surface area contributed by atoms with E-state index in [-0.39, 0.29) is 6.61 Å². The van der Waals surface area contributed by atoms with Crippen LogP contribution in [0.3, 0.4) is 0 Å². The minimum absolute atomic E-state index is 0.113. The number of aliphatic hydroxyl groups is 1. The minimum atomic E-state index is 0.113. The van der Waals surface area contributed by atoms with Crippen molar-refractivity contribution in [1.82, 2.24) is 9.55 Å². The molecule has 0 amide bonds. The van der Waals surface area contributed by atoms with Gasteiger partial charge in [0.05, 0.1) is 24.2 Å². The number of aliphatic hydroxyl groups excluding tert-OH is 1. The number of rotatable bonds is 8. The molecule has 25 heavy (non-hydrogen) atoms. The Labute approximate surface area is 149 Å². The molecule has 0 atom stereocenters. The van der Waals surface area contributed by atoms with Crippen LogP contribution < -0.4 is 4.74 Å². The van der Waals surface area contributed by atoms with Crippen LogP contribution in [0.5, 0.6) is 5.75 Å². The van der Waals surface area contributed by atoms with E-state index in [0.29, 0.717) is 18.9 Å². The molecule has 0 aliphatic heterocycles. The van der Waals surface area contributed by atoms with Crippen LogP contribution in [0.1, 0.15) is 37.6 Å². The first-order valence-corrected chi connectivity index (χ1v) is 8.97. The predicted octanol–water partition coefficient (Wildman–Crippen LogP) is 4.16. The number of fused-ring (bicyclic) bond motifs is 1. The van der Waals surface area contributed by atoms with Gasteiger partial charge in [0.15, 0.2) is 0 Å². The lowest BCUT2D eigenvalue weighted by atomic mass is 10.0. The summed E-state index contributed by atoms with van der Waals surface area (Å²) >= 11 is 0. The molecule has 0 radical (unpaired) electrons. The van der Waals surface area contributed by atoms with E-state index in [9.17, 15) is 5.11 Å². The molecule has 0 spiro atoms. The normalized spacial score (nSPS) is 11.4. The van der Waals surface area contributed by atoms with E-state index in [4.69, 9.17) is 4.74 Å². The maximum atomic E-state index is 9.29. The van der Waals surface area contributed by atoms with Crippen molar-refractivity contribution in [2.24, 2.45) is 0 Å². The van der Waals surface area contributed by atoms with E-state index in [1.807, 2.05) is 30.3 Å². The number of benzene rings is 2. The molecule has 3 aromatic rings. The fraction of sp³-hybridized carbons (Fsp3) is 0.381. The molecule has 1 N–H and O–H groups in total. The predicted molar refractivity (Wildman–Crippen MR) is 101 cm³/mol. The molecule has 3 rings (SSSR count). The van der Waals surface area contributed by atoms with Gasteiger partial charge >= 0.3 is 0 Å². The van der Waals surface area contributed by atoms with Crippen molar-refractivity contribution < 1.29 is 9.84 Å². The molecule has 4 nitrogen and oxygen atoms in total. The van der Waals surface area contributed by atoms with E-state index >= 15 is 0 Å². The Bertz CT molecular complexity index is 824. The van der Waals surface area contributed by atoms with Crippen molar-refractivity contribution in [3.63, 3.8) is 0 Å². The first kappa shape index (κ1) is 17.5. The van der Waals surface area contributed by atoms with E-state index in [1.54, 1.807) is 0 Å². The summed E-state index contributed by atoms with van der Waals surface area (Å²) in [6, 6.07) is 16.4. The number of hydrogen-bond donors (Lipinski definition) is 1. The van der Waals surface area contributed by atoms with Gasteiger partial charge < -0.3 is 14.4 Å². The summed E-state index contributed by atoms with van der Waals surface area (Å²) in [6.07, 6.45) is 1.47. The molecule has 1 heterocycles. The maximum absolute atomic E-state index is 9.29. The molecular weight excluding hydrogens is 312 g/mol. The highest BCUT2D eigenvalue weighted by Gasteiger charge is 2.10. The third-order valence-corrected chi connectivity index (χ3v) is 4.39. The van der Waals surface area contributed by atoms with E-state index < -0.39 is 0 Å². The van der Waals surface area contributed by atoms with Crippen molar-refractivity contribution in [3.8, 4) is 5.75 Å². The Morgan fingerprint density at radius 3 is 2.64 bits per heavy atom. The summed E-state index contributed by atoms with van der Waals surface area (Å²) in [5.41, 5.74) is 3.35. The highest BCUT2D eigenvalue weighted by molar-refractivity contribution is 5.75. The second-order valence-electron chi connectivity index (χ2n) is 6.54. The molecule has 0 aliphatic carbocycles. The number of nitrogens with zero attached hydrogens (tertiary/aromatic N) is 2. The smallest absolute Gasteiger partial charge is 0.122 e. The minimum Gasteiger partial charge on any atom is -0.493 e. The second-order valence-corrected chi connectivity index (χ2v) is 6.54. The zero-order chi connectivity index (χ0) is 17.6. The molecule has 1 aromatic heterocycles. The average Bonchev–Trinajstić information content (AvgIpc) is 2.97. The molecular formula is C21H26N2O2. The lowest BCUT2D eigenvalue weighted by Gasteiger charge is -2.14. The van der Waals surface area contributed by atoms with Crippen LogP contribution >= 0.6 is 0 Å². The van der Waals surface area contributed by atoms with E-state index in [1.165, 1.54) is 5.56 Å². The second kappa shape index (κ2) is 8.17. The van der Waals surface area contributed by atoms with Crippen molar-refractivity contribution >= 4 is 11.0 Å². The van der Waals surface area contributed by atoms with Crippen LogP contribution in [0.2, 0.25) is 0 Å². The highest BCUT2D eigenvalue weighted by atomic mass is 16.5. The van der Waals surface area contributed by atoms with Gasteiger partial charge in [-0.15, -0.1) is 0 Å². The third-order valence-electron chi connectivity index (χ3n) is 4.39. The van der Waals surface area contributed by atoms with Crippen LogP contribution in [0, 0.1) is 0 Å². The van der Waals surface area contributed by atoms with Gasteiger partial charge in [0.25, 0.3) is 0 Å². The molecule has 0 unspecified atom stereocenters. The molecule has 0 fully saturated rings. The molecule has 2 aromatic carbocycles. The van der Waals surface area contributed by atoms with E-state index in [0.717, 1.165) is 35.6 Å². The Balaban J connectivity index is 1.66. The lowest BCUT2D eigenvalue weighted by Crippen LogP contribution is -2.09. The van der Waals surface area contributed by atoms with Crippen LogP contribution in [0.25, 0.3) is 11.0 Å². The van der Waals surface area contributed by atoms with Crippen molar-refractivity contribution in [2.75, 3.05) is 13.2 Å². The zero-order valence-corrected chi connectivity index (χ0v) is 15.0. The summed E-state index contributed by atoms with van der Waals surface area (Å²) in [6.45, 7) is 5.97. The highest BCUT2D eigenvalue weighted by Crippen LogP contribution is 2.26. The first-order valence-electron chi connectivity index (χ1n) is 8.97. The van der Waals surface area contributed by atoms with Gasteiger partial charge in [-0.2, -0.15) is 0 Å². The zero-order valence-electron chi connectivity index (χ0n) is 15.0. The van der Waals surface area contributed by atoms with Crippen LogP contribution in [-0.2, 0) is 13.0 Å². The lowest BCUT2D eigenvalue weighted by molar-refractivity contribution is 0.288. The van der Waals surface area contributed by atoms with Gasteiger partial charge in [-0.3, -0.25) is 0 Å². The Hall–Kier alpha value is -2.33. The average molecular weight is 338 g/mol. The number of ether oxygens (including phenoxy) is 1. The molecule has 0 aliphatic rings. The molecule has 4 heteroatoms. The third kappa shape index (κ3) is 4.02. The van der Waals surface area contributed by atoms with Crippen molar-refractivity contribution in [3.05, 3.63) is 59.9 Å². The fourth-order valence-electron chi connectivity index (χ4n) is 3.16. The van der Waals surface area contributed by atoms with Crippen LogP contribution in [-0.4, -0.2) is 27.9 Å². The van der Waals surface area contributed by atoms with Gasteiger partial charge in [-0.25, -0.2) is 4.98 Å². The van der Waals surface area contributed by atoms with Crippen molar-refractivity contribution in [1.29, 1.82) is 0 Å². The number of imidazole rings is 1. The Morgan fingerprint density at radius 1 is 1.08 bits per heavy atom. The summed E-state index contributed by atoms with van der Waals surface area (Å²) in [5.74, 6) is 2.36. The maximum Gasteiger partial charge on any atom is 0.122 e. The summed E-state index contributed by atoms with van der Waals surface area (Å²) < 4.78 is 8.22. The number of aryl methyl sites for hydroxylation is 1. The topological polar surface area (TPSA) is 47.3 Å². The Kier molecular flexibility index (Phi) is 5.71. The molecule has 132 valence electrons. The van der Waals surface area contributed by atoms with Crippen LogP contribution in [0.4, 0.5) is 0 Å². The standard InChI is InChI=1S/C21H26N2O2/c1-16(2)17-8-3-6-11-20(17)25-15-7-13-23-19-10-5-4-9-18(19)22-21(23)12-14-24/h3-6,8-11,16,24H,7,12-15H2,1-2H3. The first-order chi connectivity index (χ1) is 12.2. The van der Waals surface area contributed by atoms with Crippen molar-refractivity contribution in [2.45, 2.75) is 39.2 Å². The molecule has 0 saturated heterocycles. The Morgan fingerprint density at radius 2 is 1.84 bits per heavy atom. The van der Waals surface area contributed by atoms with Gasteiger partial charge in [0, 0.05) is 13.0 Å². The monoisotopic (exact) mass is 338 g/mol. The largest absolute Gasteiger partial charge is 0.493 e. The number of para-hydroxylation sites is 3. The summed E-state index contributed by atoms with van der Waals surface area (Å²) in [5, 5.41) is 9.29. The van der Waals surface area contributed by atoms with Gasteiger partial charge in [-0.05, 0) is 36.1 Å². The SMILES string of the molecule is CC(C)c1ccccc1OCCCn1c(CCO)nc2ccccc21. The quantitative estimate of drug-likeness (QED) is 0.627. The number of aromatic nitrogens is 2. The summed E-state index contributed by atoms with van der Waals surface area (Å²) in [4.78, 5) is 4.64. The molecule has 0 saturated carbocycles. The van der Waals surface area contributed by atoms with Crippen LogP contribution in [0.15, 0.2) is 48.5 Å². The summed E-state index contributed by atoms with van der Waals surface area (Å²) in [7, 11) is 0. The van der Waals surface area contributed by atoms with Gasteiger partial charge in [-0.1, -0.05) is 44.2 Å². The fourth-order valence-corrected chi connectivity index (χ4v) is 3.16. The number of hydrogen-bond acceptors (Lipinski definition) is 3. The van der Waals surface area contributed by atoms with Gasteiger partial charge in [0.1, 0.15) is 11.6 Å². The van der Waals surface area contributed by atoms with E-state index in [2.05, 4.69) is 41.6 Å².